The molecule has 0 atom stereocenters. The SMILES string of the molecule is O=C(CSc1nc2ccc(Cl)cc2[nH]1)NC(C1CC1)C1CC1. The van der Waals surface area contributed by atoms with Crippen molar-refractivity contribution in [3.8, 4) is 0 Å². The third-order valence-corrected chi connectivity index (χ3v) is 5.46. The van der Waals surface area contributed by atoms with Crippen LogP contribution in [0.1, 0.15) is 25.7 Å². The number of H-pyrrole nitrogens is 1. The molecule has 0 radical (unpaired) electrons. The van der Waals surface area contributed by atoms with Gasteiger partial charge in [0.25, 0.3) is 0 Å². The zero-order chi connectivity index (χ0) is 15.1. The van der Waals surface area contributed by atoms with Crippen molar-refractivity contribution < 1.29 is 4.79 Å². The molecule has 1 amide bonds. The van der Waals surface area contributed by atoms with Crippen molar-refractivity contribution in [3.05, 3.63) is 23.2 Å². The predicted molar refractivity (Wildman–Crippen MR) is 89.2 cm³/mol. The minimum Gasteiger partial charge on any atom is -0.352 e. The van der Waals surface area contributed by atoms with Crippen molar-refractivity contribution in [3.63, 3.8) is 0 Å². The molecule has 0 aliphatic heterocycles. The summed E-state index contributed by atoms with van der Waals surface area (Å²) in [6.45, 7) is 0. The van der Waals surface area contributed by atoms with Crippen molar-refractivity contribution in [2.75, 3.05) is 5.75 Å². The molecule has 2 fully saturated rings. The molecule has 1 heterocycles. The molecule has 116 valence electrons. The fraction of sp³-hybridized carbons (Fsp3) is 0.500. The topological polar surface area (TPSA) is 57.8 Å². The molecule has 0 unspecified atom stereocenters. The van der Waals surface area contributed by atoms with Crippen LogP contribution in [0.3, 0.4) is 0 Å². The van der Waals surface area contributed by atoms with E-state index in [0.717, 1.165) is 28.0 Å². The second-order valence-electron chi connectivity index (χ2n) is 6.26. The Morgan fingerprint density at radius 1 is 1.36 bits per heavy atom. The maximum atomic E-state index is 12.2. The highest BCUT2D eigenvalue weighted by Gasteiger charge is 2.42. The maximum Gasteiger partial charge on any atom is 0.230 e. The number of fused-ring (bicyclic) bond motifs is 1. The Hall–Kier alpha value is -1.20. The first-order valence-electron chi connectivity index (χ1n) is 7.76. The van der Waals surface area contributed by atoms with Gasteiger partial charge in [0.05, 0.1) is 16.8 Å². The molecular formula is C16H18ClN3OS. The second-order valence-corrected chi connectivity index (χ2v) is 7.66. The van der Waals surface area contributed by atoms with Crippen LogP contribution < -0.4 is 5.32 Å². The quantitative estimate of drug-likeness (QED) is 0.793. The van der Waals surface area contributed by atoms with Gasteiger partial charge in [-0.1, -0.05) is 23.4 Å². The standard InChI is InChI=1S/C16H18ClN3OS/c17-11-5-6-12-13(7-11)19-16(18-12)22-8-14(21)20-15(9-1-2-9)10-3-4-10/h5-7,9-10,15H,1-4,8H2,(H,18,19)(H,20,21). The van der Waals surface area contributed by atoms with Crippen molar-refractivity contribution in [2.24, 2.45) is 11.8 Å². The molecule has 1 aromatic heterocycles. The van der Waals surface area contributed by atoms with E-state index in [4.69, 9.17) is 11.6 Å². The summed E-state index contributed by atoms with van der Waals surface area (Å²) in [5, 5.41) is 4.68. The molecule has 0 spiro atoms. The predicted octanol–water partition coefficient (Wildman–Crippen LogP) is 3.61. The number of carbonyl (C=O) groups is 1. The Labute approximate surface area is 138 Å². The van der Waals surface area contributed by atoms with Crippen LogP contribution in [0.5, 0.6) is 0 Å². The first-order chi connectivity index (χ1) is 10.7. The van der Waals surface area contributed by atoms with Crippen LogP contribution in [0.2, 0.25) is 5.02 Å². The summed E-state index contributed by atoms with van der Waals surface area (Å²) in [5.41, 5.74) is 1.78. The number of aromatic nitrogens is 2. The van der Waals surface area contributed by atoms with Crippen molar-refractivity contribution in [2.45, 2.75) is 36.9 Å². The molecule has 22 heavy (non-hydrogen) atoms. The highest BCUT2D eigenvalue weighted by molar-refractivity contribution is 7.99. The smallest absolute Gasteiger partial charge is 0.230 e. The van der Waals surface area contributed by atoms with Gasteiger partial charge in [-0.25, -0.2) is 4.98 Å². The van der Waals surface area contributed by atoms with Gasteiger partial charge in [-0.3, -0.25) is 4.79 Å². The van der Waals surface area contributed by atoms with E-state index < -0.39 is 0 Å². The van der Waals surface area contributed by atoms with Gasteiger partial charge in [0, 0.05) is 11.1 Å². The number of amides is 1. The summed E-state index contributed by atoms with van der Waals surface area (Å²) < 4.78 is 0. The van der Waals surface area contributed by atoms with Crippen LogP contribution in [0.4, 0.5) is 0 Å². The average molecular weight is 336 g/mol. The number of hydrogen-bond donors (Lipinski definition) is 2. The number of aromatic amines is 1. The normalized spacial score (nSPS) is 18.1. The van der Waals surface area contributed by atoms with Crippen LogP contribution in [0.15, 0.2) is 23.4 Å². The summed E-state index contributed by atoms with van der Waals surface area (Å²) in [6, 6.07) is 5.98. The van der Waals surface area contributed by atoms with Gasteiger partial charge in [0.2, 0.25) is 5.91 Å². The molecule has 2 N–H and O–H groups in total. The van der Waals surface area contributed by atoms with Gasteiger partial charge in [-0.15, -0.1) is 0 Å². The molecular weight excluding hydrogens is 318 g/mol. The van der Waals surface area contributed by atoms with E-state index >= 15 is 0 Å². The molecule has 0 saturated heterocycles. The highest BCUT2D eigenvalue weighted by Crippen LogP contribution is 2.44. The van der Waals surface area contributed by atoms with E-state index in [-0.39, 0.29) is 5.91 Å². The molecule has 0 bridgehead atoms. The van der Waals surface area contributed by atoms with Crippen LogP contribution in [-0.4, -0.2) is 27.7 Å². The molecule has 2 aliphatic carbocycles. The first kappa shape index (κ1) is 14.4. The fourth-order valence-electron chi connectivity index (χ4n) is 2.92. The lowest BCUT2D eigenvalue weighted by atomic mass is 10.1. The van der Waals surface area contributed by atoms with Gasteiger partial charge in [-0.2, -0.15) is 0 Å². The molecule has 6 heteroatoms. The van der Waals surface area contributed by atoms with E-state index in [1.165, 1.54) is 37.4 Å². The Kier molecular flexibility index (Phi) is 3.78. The lowest BCUT2D eigenvalue weighted by Crippen LogP contribution is -2.39. The average Bonchev–Trinajstić information content (AvgIpc) is 3.39. The summed E-state index contributed by atoms with van der Waals surface area (Å²) in [7, 11) is 0. The highest BCUT2D eigenvalue weighted by atomic mass is 35.5. The van der Waals surface area contributed by atoms with Crippen molar-refractivity contribution in [1.29, 1.82) is 0 Å². The molecule has 1 aromatic carbocycles. The summed E-state index contributed by atoms with van der Waals surface area (Å²) in [4.78, 5) is 19.8. The summed E-state index contributed by atoms with van der Waals surface area (Å²) in [6.07, 6.45) is 5.11. The first-order valence-corrected chi connectivity index (χ1v) is 9.13. The van der Waals surface area contributed by atoms with Crippen molar-refractivity contribution >= 4 is 40.3 Å². The van der Waals surface area contributed by atoms with Crippen LogP contribution >= 0.6 is 23.4 Å². The number of nitrogens with zero attached hydrogens (tertiary/aromatic N) is 1. The second kappa shape index (κ2) is 5.78. The number of benzene rings is 1. The molecule has 2 saturated carbocycles. The van der Waals surface area contributed by atoms with Crippen molar-refractivity contribution in [1.82, 2.24) is 15.3 Å². The lowest BCUT2D eigenvalue weighted by molar-refractivity contribution is -0.119. The lowest BCUT2D eigenvalue weighted by Gasteiger charge is -2.17. The van der Waals surface area contributed by atoms with Crippen LogP contribution in [0, 0.1) is 11.8 Å². The van der Waals surface area contributed by atoms with Gasteiger partial charge >= 0.3 is 0 Å². The largest absolute Gasteiger partial charge is 0.352 e. The number of nitrogens with one attached hydrogen (secondary N) is 2. The molecule has 2 aliphatic rings. The number of imidazole rings is 1. The fourth-order valence-corrected chi connectivity index (χ4v) is 3.79. The Balaban J connectivity index is 1.35. The third kappa shape index (κ3) is 3.25. The molecule has 2 aromatic rings. The summed E-state index contributed by atoms with van der Waals surface area (Å²) in [5.74, 6) is 1.99. The summed E-state index contributed by atoms with van der Waals surface area (Å²) >= 11 is 7.41. The minimum atomic E-state index is 0.118. The molecule has 4 nitrogen and oxygen atoms in total. The zero-order valence-corrected chi connectivity index (χ0v) is 13.7. The maximum absolute atomic E-state index is 12.2. The zero-order valence-electron chi connectivity index (χ0n) is 12.1. The van der Waals surface area contributed by atoms with E-state index in [0.29, 0.717) is 16.8 Å². The Morgan fingerprint density at radius 3 is 2.77 bits per heavy atom. The number of thioether (sulfide) groups is 1. The monoisotopic (exact) mass is 335 g/mol. The number of hydrogen-bond acceptors (Lipinski definition) is 3. The van der Waals surface area contributed by atoms with E-state index in [2.05, 4.69) is 15.3 Å². The van der Waals surface area contributed by atoms with Gasteiger partial charge < -0.3 is 10.3 Å². The Bertz CT molecular complexity index is 696. The number of carbonyl (C=O) groups excluding carboxylic acids is 1. The number of rotatable bonds is 6. The van der Waals surface area contributed by atoms with E-state index in [1.807, 2.05) is 18.2 Å². The molecule has 4 rings (SSSR count). The van der Waals surface area contributed by atoms with E-state index in [1.54, 1.807) is 0 Å². The van der Waals surface area contributed by atoms with Gasteiger partial charge in [0.1, 0.15) is 0 Å². The van der Waals surface area contributed by atoms with Crippen LogP contribution in [0.25, 0.3) is 11.0 Å². The third-order valence-electron chi connectivity index (χ3n) is 4.35. The minimum absolute atomic E-state index is 0.118. The van der Waals surface area contributed by atoms with Gasteiger partial charge in [-0.05, 0) is 55.7 Å². The van der Waals surface area contributed by atoms with E-state index in [9.17, 15) is 4.79 Å². The Morgan fingerprint density at radius 2 is 2.09 bits per heavy atom. The van der Waals surface area contributed by atoms with Gasteiger partial charge in [0.15, 0.2) is 5.16 Å². The number of halogens is 1. The van der Waals surface area contributed by atoms with Crippen LogP contribution in [-0.2, 0) is 4.79 Å².